The molecule has 0 aliphatic carbocycles. The van der Waals surface area contributed by atoms with Crippen LogP contribution in [0.2, 0.25) is 0 Å². The summed E-state index contributed by atoms with van der Waals surface area (Å²) in [4.78, 5) is 56.3. The first-order valence-corrected chi connectivity index (χ1v) is 14.7. The molecule has 2 unspecified atom stereocenters. The number of nitrogens with one attached hydrogen (secondary N) is 6. The van der Waals surface area contributed by atoms with Crippen LogP contribution < -0.4 is 32.7 Å². The minimum absolute atomic E-state index is 0.00138. The van der Waals surface area contributed by atoms with E-state index in [1.807, 2.05) is 51.2 Å². The molecule has 0 fully saturated rings. The van der Waals surface area contributed by atoms with Gasteiger partial charge < -0.3 is 42.7 Å². The van der Waals surface area contributed by atoms with Gasteiger partial charge in [-0.2, -0.15) is 0 Å². The van der Waals surface area contributed by atoms with Gasteiger partial charge >= 0.3 is 0 Å². The maximum absolute atomic E-state index is 12.1. The Morgan fingerprint density at radius 1 is 0.837 bits per heavy atom. The van der Waals surface area contributed by atoms with Gasteiger partial charge in [0.25, 0.3) is 0 Å². The number of benzene rings is 1. The maximum atomic E-state index is 12.1. The average molecular weight is 598 g/mol. The fraction of sp³-hybridized carbons (Fsp3) is 0.500. The molecule has 0 radical (unpaired) electrons. The van der Waals surface area contributed by atoms with E-state index in [1.165, 1.54) is 0 Å². The quantitative estimate of drug-likeness (QED) is 0.110. The molecule has 0 aliphatic rings. The summed E-state index contributed by atoms with van der Waals surface area (Å²) in [6.45, 7) is 7.51. The van der Waals surface area contributed by atoms with Gasteiger partial charge in [-0.3, -0.25) is 19.2 Å². The number of carbonyl (C=O) groups excluding carboxylic acids is 4. The topological polar surface area (TPSA) is 213 Å². The van der Waals surface area contributed by atoms with Crippen molar-refractivity contribution in [3.05, 3.63) is 54.2 Å². The smallest absolute Gasteiger partial charge is 0.237 e. The molecule has 0 saturated heterocycles. The van der Waals surface area contributed by atoms with E-state index in [2.05, 4.69) is 36.2 Å². The Morgan fingerprint density at radius 2 is 1.44 bits per heavy atom. The highest BCUT2D eigenvalue weighted by atomic mass is 16.2. The standard InChI is InChI=1S/C18H26N4O2.C12H21N5O2/c1-12(2)9-17(23)20-7-8-21-18(24)15(19)10-13-11-22-16-6-4-3-5-14(13)16;1-2-3-11(18)15-4-5-16-12(19)10(13)6-9-7-14-8-17-9/h3-6,11-12,15,22H,7-10,19H2,1-2H3,(H,20,23)(H,21,24);7-8,10H,2-6,13H2,1H3,(H,14,17)(H,15,18)(H,16,19). The number of hydrogen-bond acceptors (Lipinski definition) is 7. The number of amides is 4. The maximum Gasteiger partial charge on any atom is 0.237 e. The lowest BCUT2D eigenvalue weighted by atomic mass is 10.1. The monoisotopic (exact) mass is 597 g/mol. The summed E-state index contributed by atoms with van der Waals surface area (Å²) < 4.78 is 0. The lowest BCUT2D eigenvalue weighted by Crippen LogP contribution is -2.44. The summed E-state index contributed by atoms with van der Waals surface area (Å²) in [5, 5.41) is 12.0. The predicted molar refractivity (Wildman–Crippen MR) is 167 cm³/mol. The summed E-state index contributed by atoms with van der Waals surface area (Å²) in [6, 6.07) is 6.69. The number of rotatable bonds is 16. The van der Waals surface area contributed by atoms with E-state index in [-0.39, 0.29) is 23.6 Å². The molecule has 2 heterocycles. The van der Waals surface area contributed by atoms with Crippen LogP contribution in [-0.4, -0.2) is 76.8 Å². The Kier molecular flexibility index (Phi) is 15.5. The number of para-hydroxylation sites is 1. The zero-order chi connectivity index (χ0) is 31.6. The molecule has 43 heavy (non-hydrogen) atoms. The van der Waals surface area contributed by atoms with Gasteiger partial charge in [0.15, 0.2) is 0 Å². The van der Waals surface area contributed by atoms with Crippen molar-refractivity contribution in [2.75, 3.05) is 26.2 Å². The number of hydrogen-bond donors (Lipinski definition) is 8. The van der Waals surface area contributed by atoms with Gasteiger partial charge in [0, 0.05) is 74.4 Å². The van der Waals surface area contributed by atoms with Crippen LogP contribution in [0.25, 0.3) is 10.9 Å². The van der Waals surface area contributed by atoms with Gasteiger partial charge in [0.1, 0.15) is 0 Å². The molecule has 10 N–H and O–H groups in total. The molecule has 1 aromatic carbocycles. The molecule has 0 bridgehead atoms. The number of imidazole rings is 1. The van der Waals surface area contributed by atoms with Crippen LogP contribution in [0.5, 0.6) is 0 Å². The fourth-order valence-electron chi connectivity index (χ4n) is 4.15. The largest absolute Gasteiger partial charge is 0.361 e. The average Bonchev–Trinajstić information content (AvgIpc) is 3.63. The Bertz CT molecular complexity index is 1270. The van der Waals surface area contributed by atoms with Gasteiger partial charge in [-0.25, -0.2) is 4.98 Å². The van der Waals surface area contributed by atoms with Crippen LogP contribution in [-0.2, 0) is 32.0 Å². The van der Waals surface area contributed by atoms with Crippen LogP contribution in [0.1, 0.15) is 51.3 Å². The van der Waals surface area contributed by atoms with E-state index in [9.17, 15) is 19.2 Å². The third-order valence-corrected chi connectivity index (χ3v) is 6.35. The van der Waals surface area contributed by atoms with Gasteiger partial charge in [-0.15, -0.1) is 0 Å². The first kappa shape index (κ1) is 35.0. The molecule has 3 rings (SSSR count). The van der Waals surface area contributed by atoms with Crippen LogP contribution in [0.4, 0.5) is 0 Å². The van der Waals surface area contributed by atoms with Crippen LogP contribution in [0, 0.1) is 5.92 Å². The fourth-order valence-corrected chi connectivity index (χ4v) is 4.15. The van der Waals surface area contributed by atoms with E-state index in [0.29, 0.717) is 57.8 Å². The molecule has 0 spiro atoms. The highest BCUT2D eigenvalue weighted by molar-refractivity contribution is 5.86. The van der Waals surface area contributed by atoms with Crippen molar-refractivity contribution in [2.24, 2.45) is 17.4 Å². The Morgan fingerprint density at radius 3 is 2.05 bits per heavy atom. The molecule has 2 atom stereocenters. The lowest BCUT2D eigenvalue weighted by Gasteiger charge is -2.12. The Balaban J connectivity index is 0.000000309. The second-order valence-corrected chi connectivity index (χ2v) is 10.7. The highest BCUT2D eigenvalue weighted by Gasteiger charge is 2.16. The summed E-state index contributed by atoms with van der Waals surface area (Å²) in [5.41, 5.74) is 14.6. The number of fused-ring (bicyclic) bond motifs is 1. The zero-order valence-electron chi connectivity index (χ0n) is 25.4. The molecular weight excluding hydrogens is 550 g/mol. The summed E-state index contributed by atoms with van der Waals surface area (Å²) in [5.74, 6) is -0.122. The van der Waals surface area contributed by atoms with Gasteiger partial charge in [0.05, 0.1) is 18.4 Å². The first-order chi connectivity index (χ1) is 20.6. The second-order valence-electron chi connectivity index (χ2n) is 10.7. The Hall–Kier alpha value is -4.23. The van der Waals surface area contributed by atoms with Crippen LogP contribution in [0.15, 0.2) is 43.0 Å². The Labute approximate surface area is 252 Å². The predicted octanol–water partition coefficient (Wildman–Crippen LogP) is 0.628. The third-order valence-electron chi connectivity index (χ3n) is 6.35. The van der Waals surface area contributed by atoms with E-state index < -0.39 is 12.1 Å². The molecule has 13 nitrogen and oxygen atoms in total. The highest BCUT2D eigenvalue weighted by Crippen LogP contribution is 2.18. The second kappa shape index (κ2) is 19.1. The number of H-pyrrole nitrogens is 2. The van der Waals surface area contributed by atoms with Crippen molar-refractivity contribution in [1.82, 2.24) is 36.2 Å². The van der Waals surface area contributed by atoms with Crippen LogP contribution in [0.3, 0.4) is 0 Å². The number of aromatic nitrogens is 3. The lowest BCUT2D eigenvalue weighted by molar-refractivity contribution is -0.123. The number of nitrogens with zero attached hydrogens (tertiary/aromatic N) is 1. The minimum Gasteiger partial charge on any atom is -0.361 e. The third kappa shape index (κ3) is 13.5. The van der Waals surface area contributed by atoms with E-state index in [1.54, 1.807) is 12.5 Å². The molecule has 13 heteroatoms. The van der Waals surface area contributed by atoms with Crippen molar-refractivity contribution in [1.29, 1.82) is 0 Å². The van der Waals surface area contributed by atoms with Gasteiger partial charge in [0.2, 0.25) is 23.6 Å². The van der Waals surface area contributed by atoms with E-state index in [4.69, 9.17) is 11.5 Å². The number of nitrogens with two attached hydrogens (primary N) is 2. The van der Waals surface area contributed by atoms with Crippen molar-refractivity contribution < 1.29 is 19.2 Å². The van der Waals surface area contributed by atoms with E-state index in [0.717, 1.165) is 28.6 Å². The molecule has 0 saturated carbocycles. The van der Waals surface area contributed by atoms with Crippen molar-refractivity contribution in [2.45, 2.75) is 65.0 Å². The minimum atomic E-state index is -0.619. The van der Waals surface area contributed by atoms with Crippen LogP contribution >= 0.6 is 0 Å². The molecule has 0 aliphatic heterocycles. The molecule has 3 aromatic rings. The molecular formula is C30H47N9O4. The summed E-state index contributed by atoms with van der Waals surface area (Å²) in [6.07, 6.45) is 7.77. The number of aromatic amines is 2. The van der Waals surface area contributed by atoms with E-state index >= 15 is 0 Å². The van der Waals surface area contributed by atoms with Crippen molar-refractivity contribution in [3.63, 3.8) is 0 Å². The van der Waals surface area contributed by atoms with Crippen molar-refractivity contribution >= 4 is 34.5 Å². The summed E-state index contributed by atoms with van der Waals surface area (Å²) >= 11 is 0. The molecule has 4 amide bonds. The van der Waals surface area contributed by atoms with Gasteiger partial charge in [-0.05, 0) is 30.4 Å². The first-order valence-electron chi connectivity index (χ1n) is 14.7. The zero-order valence-corrected chi connectivity index (χ0v) is 25.4. The molecule has 236 valence electrons. The molecule has 2 aromatic heterocycles. The van der Waals surface area contributed by atoms with Gasteiger partial charge in [-0.1, -0.05) is 39.0 Å². The van der Waals surface area contributed by atoms with Crippen molar-refractivity contribution in [3.8, 4) is 0 Å². The normalized spacial score (nSPS) is 12.1. The summed E-state index contributed by atoms with van der Waals surface area (Å²) in [7, 11) is 0. The number of carbonyl (C=O) groups is 4. The SMILES string of the molecule is CC(C)CC(=O)NCCNC(=O)C(N)Cc1c[nH]c2ccccc12.CCCC(=O)NCCNC(=O)C(N)Cc1cnc[nH]1.